The van der Waals surface area contributed by atoms with Gasteiger partial charge in [0, 0.05) is 43.5 Å². The summed E-state index contributed by atoms with van der Waals surface area (Å²) in [6.45, 7) is 5.39. The minimum absolute atomic E-state index is 0.0775. The first-order valence-corrected chi connectivity index (χ1v) is 14.0. The van der Waals surface area contributed by atoms with Crippen molar-refractivity contribution in [3.63, 3.8) is 0 Å². The lowest BCUT2D eigenvalue weighted by molar-refractivity contribution is -0.135. The molecule has 1 N–H and O–H groups in total. The number of aromatic nitrogens is 1. The fourth-order valence-electron chi connectivity index (χ4n) is 4.94. The predicted molar refractivity (Wildman–Crippen MR) is 156 cm³/mol. The van der Waals surface area contributed by atoms with Crippen molar-refractivity contribution in [1.29, 1.82) is 0 Å². The fourth-order valence-corrected chi connectivity index (χ4v) is 5.38. The summed E-state index contributed by atoms with van der Waals surface area (Å²) < 4.78 is 10.7. The molecule has 2 saturated heterocycles. The summed E-state index contributed by atoms with van der Waals surface area (Å²) in [7, 11) is 1.70. The summed E-state index contributed by atoms with van der Waals surface area (Å²) in [5.41, 5.74) is 1.44. The van der Waals surface area contributed by atoms with Crippen LogP contribution in [0.1, 0.15) is 35.7 Å². The minimum atomic E-state index is -0.436. The van der Waals surface area contributed by atoms with Crippen LogP contribution in [-0.4, -0.2) is 72.0 Å². The lowest BCUT2D eigenvalue weighted by atomic mass is 10.1. The van der Waals surface area contributed by atoms with Crippen LogP contribution in [-0.2, 0) is 16.1 Å². The van der Waals surface area contributed by atoms with Gasteiger partial charge in [-0.2, -0.15) is 0 Å². The Kier molecular flexibility index (Phi) is 10.8. The highest BCUT2D eigenvalue weighted by atomic mass is 35.5. The van der Waals surface area contributed by atoms with Gasteiger partial charge in [-0.1, -0.05) is 53.5 Å². The molecule has 0 radical (unpaired) electrons. The van der Waals surface area contributed by atoms with E-state index in [-0.39, 0.29) is 29.9 Å². The average Bonchev–Trinajstić information content (AvgIpc) is 3.41. The number of halogens is 2. The third-order valence-electron chi connectivity index (χ3n) is 6.93. The van der Waals surface area contributed by atoms with Crippen LogP contribution in [0.25, 0.3) is 0 Å². The molecule has 2 aromatic carbocycles. The molecule has 2 amide bonds. The van der Waals surface area contributed by atoms with E-state index < -0.39 is 5.91 Å². The summed E-state index contributed by atoms with van der Waals surface area (Å²) in [6.07, 6.45) is 3.81. The summed E-state index contributed by atoms with van der Waals surface area (Å²) in [5, 5.41) is 3.49. The van der Waals surface area contributed by atoms with Crippen molar-refractivity contribution in [2.75, 3.05) is 33.3 Å². The van der Waals surface area contributed by atoms with Gasteiger partial charge in [0.25, 0.3) is 5.91 Å². The van der Waals surface area contributed by atoms with E-state index in [1.807, 2.05) is 35.2 Å². The summed E-state index contributed by atoms with van der Waals surface area (Å²) in [6, 6.07) is 18.7. The third kappa shape index (κ3) is 7.95. The smallest absolute Gasteiger partial charge is 0.257 e. The van der Waals surface area contributed by atoms with Crippen LogP contribution in [0.2, 0.25) is 10.0 Å². The highest BCUT2D eigenvalue weighted by Gasteiger charge is 2.36. The molecule has 212 valence electrons. The Hall–Kier alpha value is -3.17. The van der Waals surface area contributed by atoms with Crippen LogP contribution in [0.15, 0.2) is 66.9 Å². The number of rotatable bonds is 7. The van der Waals surface area contributed by atoms with E-state index in [0.717, 1.165) is 19.5 Å². The Bertz CT molecular complexity index is 1290. The summed E-state index contributed by atoms with van der Waals surface area (Å²) in [4.78, 5) is 34.1. The van der Waals surface area contributed by atoms with Gasteiger partial charge in [0.1, 0.15) is 11.3 Å². The zero-order valence-electron chi connectivity index (χ0n) is 22.7. The molecule has 2 atom stereocenters. The predicted octanol–water partition coefficient (Wildman–Crippen LogP) is 5.44. The number of hydrogen-bond donors (Lipinski definition) is 1. The van der Waals surface area contributed by atoms with Gasteiger partial charge in [-0.25, -0.2) is 4.98 Å². The number of piperazine rings is 1. The molecule has 2 unspecified atom stereocenters. The molecule has 2 fully saturated rings. The Morgan fingerprint density at radius 3 is 2.62 bits per heavy atom. The Labute approximate surface area is 245 Å². The maximum atomic E-state index is 12.8. The van der Waals surface area contributed by atoms with Gasteiger partial charge in [-0.05, 0) is 62.2 Å². The first-order valence-electron chi connectivity index (χ1n) is 13.3. The molecule has 3 aromatic rings. The standard InChI is InChI=1S/C22H24Cl2N4O3.C8H10O/c1-14-12-27-9-3-4-16(27)13-28(14)20(29)11-26-21(30)17-5-2-8-25-22(17)31-19-7-6-15(23)10-18(19)24;1-9-7-8-5-3-2-4-6-8/h2,5-8,10,14,16H,3-4,9,11-13H2,1H3,(H,26,30);2-6H,7H2,1H3. The Morgan fingerprint density at radius 1 is 1.07 bits per heavy atom. The van der Waals surface area contributed by atoms with Crippen LogP contribution >= 0.6 is 23.2 Å². The maximum absolute atomic E-state index is 12.8. The number of nitrogens with one attached hydrogen (secondary N) is 1. The SMILES string of the molecule is CC1CN2CCCC2CN1C(=O)CNC(=O)c1cccnc1Oc1ccc(Cl)cc1Cl.COCc1ccccc1. The molecular formula is C30H34Cl2N4O4. The van der Waals surface area contributed by atoms with Crippen molar-refractivity contribution >= 4 is 35.0 Å². The first kappa shape index (κ1) is 29.8. The number of ether oxygens (including phenoxy) is 2. The quantitative estimate of drug-likeness (QED) is 0.398. The molecule has 8 nitrogen and oxygen atoms in total. The minimum Gasteiger partial charge on any atom is -0.437 e. The number of nitrogens with zero attached hydrogens (tertiary/aromatic N) is 3. The van der Waals surface area contributed by atoms with E-state index in [9.17, 15) is 9.59 Å². The number of methoxy groups -OCH3 is 1. The molecule has 0 saturated carbocycles. The third-order valence-corrected chi connectivity index (χ3v) is 7.46. The highest BCUT2D eigenvalue weighted by Crippen LogP contribution is 2.32. The summed E-state index contributed by atoms with van der Waals surface area (Å²) in [5.74, 6) is -0.0871. The van der Waals surface area contributed by atoms with E-state index >= 15 is 0 Å². The summed E-state index contributed by atoms with van der Waals surface area (Å²) >= 11 is 12.1. The van der Waals surface area contributed by atoms with Gasteiger partial charge in [-0.3, -0.25) is 14.5 Å². The van der Waals surface area contributed by atoms with Gasteiger partial charge in [0.2, 0.25) is 11.8 Å². The van der Waals surface area contributed by atoms with E-state index in [4.69, 9.17) is 32.7 Å². The number of carbonyl (C=O) groups is 2. The van der Waals surface area contributed by atoms with Gasteiger partial charge < -0.3 is 19.7 Å². The molecule has 10 heteroatoms. The van der Waals surface area contributed by atoms with Crippen LogP contribution in [0.3, 0.4) is 0 Å². The van der Waals surface area contributed by atoms with Crippen molar-refractivity contribution in [2.45, 2.75) is 38.5 Å². The monoisotopic (exact) mass is 584 g/mol. The molecule has 3 heterocycles. The highest BCUT2D eigenvalue weighted by molar-refractivity contribution is 6.35. The molecule has 1 aromatic heterocycles. The Morgan fingerprint density at radius 2 is 1.88 bits per heavy atom. The maximum Gasteiger partial charge on any atom is 0.257 e. The second-order valence-corrected chi connectivity index (χ2v) is 10.7. The average molecular weight is 586 g/mol. The van der Waals surface area contributed by atoms with E-state index in [1.165, 1.54) is 18.2 Å². The molecule has 40 heavy (non-hydrogen) atoms. The zero-order chi connectivity index (χ0) is 28.5. The van der Waals surface area contributed by atoms with Gasteiger partial charge in [0.15, 0.2) is 0 Å². The molecule has 0 bridgehead atoms. The number of carbonyl (C=O) groups excluding carboxylic acids is 2. The molecule has 0 spiro atoms. The number of amides is 2. The molecule has 2 aliphatic heterocycles. The number of hydrogen-bond acceptors (Lipinski definition) is 6. The molecule has 0 aliphatic carbocycles. The number of fused-ring (bicyclic) bond motifs is 1. The van der Waals surface area contributed by atoms with Gasteiger partial charge in [-0.15, -0.1) is 0 Å². The molecule has 5 rings (SSSR count). The molecule has 2 aliphatic rings. The lowest BCUT2D eigenvalue weighted by Crippen LogP contribution is -2.58. The normalized spacial score (nSPS) is 18.4. The van der Waals surface area contributed by atoms with Crippen molar-refractivity contribution in [3.8, 4) is 11.6 Å². The Balaban J connectivity index is 0.000000350. The fraction of sp³-hybridized carbons (Fsp3) is 0.367. The molecular weight excluding hydrogens is 551 g/mol. The van der Waals surface area contributed by atoms with Crippen molar-refractivity contribution in [1.82, 2.24) is 20.1 Å². The van der Waals surface area contributed by atoms with Crippen LogP contribution in [0, 0.1) is 0 Å². The van der Waals surface area contributed by atoms with E-state index in [1.54, 1.807) is 37.4 Å². The van der Waals surface area contributed by atoms with Gasteiger partial charge in [0.05, 0.1) is 18.2 Å². The number of benzene rings is 2. The van der Waals surface area contributed by atoms with Crippen LogP contribution in [0.4, 0.5) is 0 Å². The van der Waals surface area contributed by atoms with E-state index in [0.29, 0.717) is 35.0 Å². The van der Waals surface area contributed by atoms with Crippen LogP contribution in [0.5, 0.6) is 11.6 Å². The van der Waals surface area contributed by atoms with E-state index in [2.05, 4.69) is 22.1 Å². The lowest BCUT2D eigenvalue weighted by Gasteiger charge is -2.42. The van der Waals surface area contributed by atoms with Crippen molar-refractivity contribution in [3.05, 3.63) is 88.0 Å². The van der Waals surface area contributed by atoms with Gasteiger partial charge >= 0.3 is 0 Å². The topological polar surface area (TPSA) is 84.0 Å². The van der Waals surface area contributed by atoms with Crippen molar-refractivity contribution in [2.24, 2.45) is 0 Å². The van der Waals surface area contributed by atoms with Crippen molar-refractivity contribution < 1.29 is 19.1 Å². The first-order chi connectivity index (χ1) is 19.4. The van der Waals surface area contributed by atoms with Crippen LogP contribution < -0.4 is 10.1 Å². The number of pyridine rings is 1. The second-order valence-electron chi connectivity index (χ2n) is 9.82. The zero-order valence-corrected chi connectivity index (χ0v) is 24.2. The second kappa shape index (κ2) is 14.5. The largest absolute Gasteiger partial charge is 0.437 e.